The highest BCUT2D eigenvalue weighted by molar-refractivity contribution is 7.99. The number of piperazine rings is 1. The van der Waals surface area contributed by atoms with Crippen LogP contribution >= 0.6 is 23.4 Å². The fourth-order valence-corrected chi connectivity index (χ4v) is 3.51. The van der Waals surface area contributed by atoms with E-state index in [0.717, 1.165) is 0 Å². The quantitative estimate of drug-likeness (QED) is 0.301. The first-order chi connectivity index (χ1) is 12.9. The van der Waals surface area contributed by atoms with Crippen molar-refractivity contribution >= 4 is 41.1 Å². The Balaban J connectivity index is 1.99. The van der Waals surface area contributed by atoms with Crippen molar-refractivity contribution in [2.45, 2.75) is 32.0 Å². The van der Waals surface area contributed by atoms with E-state index in [1.165, 1.54) is 11.8 Å². The van der Waals surface area contributed by atoms with E-state index < -0.39 is 0 Å². The molecule has 0 spiro atoms. The number of aromatic nitrogens is 2. The van der Waals surface area contributed by atoms with Crippen LogP contribution in [-0.2, 0) is 9.63 Å². The molecule has 0 aliphatic carbocycles. The molecule has 0 saturated carbocycles. The number of anilines is 1. The number of amides is 3. The minimum absolute atomic E-state index is 0.0344. The van der Waals surface area contributed by atoms with Gasteiger partial charge in [0.25, 0.3) is 5.91 Å². The zero-order valence-corrected chi connectivity index (χ0v) is 17.3. The molecule has 0 aromatic carbocycles. The molecule has 1 aliphatic heterocycles. The summed E-state index contributed by atoms with van der Waals surface area (Å²) in [6.45, 7) is 8.55. The Morgan fingerprint density at radius 3 is 2.81 bits per heavy atom. The number of rotatable bonds is 7. The number of carbonyl (C=O) groups excluding carboxylic acids is 2. The van der Waals surface area contributed by atoms with E-state index in [1.807, 2.05) is 18.7 Å². The van der Waals surface area contributed by atoms with E-state index in [4.69, 9.17) is 16.4 Å². The standard InChI is InChI=1S/C16H25ClN6O3S/c1-4-18-16(25)23-7-6-22(9-11(23)3)13-8-12(17)19-15(20-13)27-10-14(24)21-26-5-2/h8,11H,4-7,9-10H2,1-3H3,(H,18,25)(H,21,24)/t11-/m0/s1. The number of hydroxylamine groups is 1. The monoisotopic (exact) mass is 416 g/mol. The maximum Gasteiger partial charge on any atom is 0.317 e. The van der Waals surface area contributed by atoms with Crippen LogP contribution in [0.2, 0.25) is 5.15 Å². The van der Waals surface area contributed by atoms with Crippen LogP contribution in [0.15, 0.2) is 11.2 Å². The van der Waals surface area contributed by atoms with Crippen LogP contribution in [0.5, 0.6) is 0 Å². The van der Waals surface area contributed by atoms with Gasteiger partial charge in [0.1, 0.15) is 11.0 Å². The smallest absolute Gasteiger partial charge is 0.317 e. The van der Waals surface area contributed by atoms with Crippen molar-refractivity contribution in [3.63, 3.8) is 0 Å². The van der Waals surface area contributed by atoms with Crippen molar-refractivity contribution in [1.82, 2.24) is 25.7 Å². The van der Waals surface area contributed by atoms with Crippen molar-refractivity contribution in [3.05, 3.63) is 11.2 Å². The highest BCUT2D eigenvalue weighted by Crippen LogP contribution is 2.24. The van der Waals surface area contributed by atoms with Gasteiger partial charge in [-0.3, -0.25) is 9.63 Å². The van der Waals surface area contributed by atoms with Gasteiger partial charge < -0.3 is 15.1 Å². The van der Waals surface area contributed by atoms with Crippen molar-refractivity contribution in [3.8, 4) is 0 Å². The van der Waals surface area contributed by atoms with Crippen LogP contribution in [-0.4, -0.2) is 71.4 Å². The number of hydrogen-bond donors (Lipinski definition) is 2. The lowest BCUT2D eigenvalue weighted by Crippen LogP contribution is -2.56. The molecule has 0 radical (unpaired) electrons. The zero-order valence-electron chi connectivity index (χ0n) is 15.7. The van der Waals surface area contributed by atoms with Gasteiger partial charge in [-0.05, 0) is 20.8 Å². The van der Waals surface area contributed by atoms with E-state index in [1.54, 1.807) is 13.0 Å². The molecule has 11 heteroatoms. The number of thioether (sulfide) groups is 1. The van der Waals surface area contributed by atoms with E-state index in [-0.39, 0.29) is 23.7 Å². The van der Waals surface area contributed by atoms with Gasteiger partial charge in [0.15, 0.2) is 5.16 Å². The Bertz CT molecular complexity index is 665. The fourth-order valence-electron chi connectivity index (χ4n) is 2.64. The maximum absolute atomic E-state index is 12.1. The van der Waals surface area contributed by atoms with Gasteiger partial charge in [-0.15, -0.1) is 0 Å². The summed E-state index contributed by atoms with van der Waals surface area (Å²) in [6.07, 6.45) is 0. The van der Waals surface area contributed by atoms with Crippen LogP contribution < -0.4 is 15.7 Å². The summed E-state index contributed by atoms with van der Waals surface area (Å²) in [4.78, 5) is 41.1. The van der Waals surface area contributed by atoms with Gasteiger partial charge in [0.05, 0.1) is 12.4 Å². The molecule has 2 heterocycles. The molecular weight excluding hydrogens is 392 g/mol. The SMILES string of the molecule is CCNC(=O)N1CCN(c2cc(Cl)nc(SCC(=O)NOCC)n2)C[C@@H]1C. The lowest BCUT2D eigenvalue weighted by Gasteiger charge is -2.40. The average Bonchev–Trinajstić information content (AvgIpc) is 2.64. The largest absolute Gasteiger partial charge is 0.353 e. The van der Waals surface area contributed by atoms with Crippen LogP contribution in [0.3, 0.4) is 0 Å². The normalized spacial score (nSPS) is 17.0. The van der Waals surface area contributed by atoms with Crippen LogP contribution in [0.1, 0.15) is 20.8 Å². The minimum atomic E-state index is -0.267. The summed E-state index contributed by atoms with van der Waals surface area (Å²) >= 11 is 7.32. The number of nitrogens with zero attached hydrogens (tertiary/aromatic N) is 4. The number of hydrogen-bond acceptors (Lipinski definition) is 7. The maximum atomic E-state index is 12.1. The molecule has 3 amide bonds. The first-order valence-corrected chi connectivity index (χ1v) is 10.2. The van der Waals surface area contributed by atoms with E-state index in [2.05, 4.69) is 25.7 Å². The molecule has 1 fully saturated rings. The van der Waals surface area contributed by atoms with Crippen LogP contribution in [0.25, 0.3) is 0 Å². The van der Waals surface area contributed by atoms with Crippen molar-refractivity contribution in [2.24, 2.45) is 0 Å². The molecule has 9 nitrogen and oxygen atoms in total. The lowest BCUT2D eigenvalue weighted by atomic mass is 10.2. The van der Waals surface area contributed by atoms with Crippen LogP contribution in [0, 0.1) is 0 Å². The second-order valence-electron chi connectivity index (χ2n) is 5.90. The topological polar surface area (TPSA) is 99.7 Å². The molecule has 2 N–H and O–H groups in total. The second-order valence-corrected chi connectivity index (χ2v) is 7.23. The van der Waals surface area contributed by atoms with Gasteiger partial charge in [-0.25, -0.2) is 20.2 Å². The van der Waals surface area contributed by atoms with E-state index >= 15 is 0 Å². The predicted octanol–water partition coefficient (Wildman–Crippen LogP) is 1.53. The van der Waals surface area contributed by atoms with Gasteiger partial charge in [0.2, 0.25) is 0 Å². The van der Waals surface area contributed by atoms with Gasteiger partial charge in [-0.1, -0.05) is 23.4 Å². The number of urea groups is 1. The molecule has 27 heavy (non-hydrogen) atoms. The third-order valence-corrected chi connectivity index (χ3v) is 4.90. The highest BCUT2D eigenvalue weighted by atomic mass is 35.5. The first-order valence-electron chi connectivity index (χ1n) is 8.82. The Labute approximate surface area is 168 Å². The molecule has 1 aromatic rings. The molecule has 150 valence electrons. The molecule has 2 rings (SSSR count). The van der Waals surface area contributed by atoms with Crippen molar-refractivity contribution in [2.75, 3.05) is 43.4 Å². The summed E-state index contributed by atoms with van der Waals surface area (Å²) in [7, 11) is 0. The van der Waals surface area contributed by atoms with E-state index in [0.29, 0.717) is 48.9 Å². The van der Waals surface area contributed by atoms with E-state index in [9.17, 15) is 9.59 Å². The molecule has 1 aliphatic rings. The third kappa shape index (κ3) is 6.40. The van der Waals surface area contributed by atoms with Crippen LogP contribution in [0.4, 0.5) is 10.6 Å². The molecule has 0 unspecified atom stereocenters. The highest BCUT2D eigenvalue weighted by Gasteiger charge is 2.28. The Morgan fingerprint density at radius 1 is 1.37 bits per heavy atom. The van der Waals surface area contributed by atoms with Gasteiger partial charge >= 0.3 is 6.03 Å². The molecule has 1 atom stereocenters. The molecule has 1 aromatic heterocycles. The Hall–Kier alpha value is -1.78. The Kier molecular flexibility index (Phi) is 8.39. The summed E-state index contributed by atoms with van der Waals surface area (Å²) < 4.78 is 0. The second kappa shape index (κ2) is 10.5. The predicted molar refractivity (Wildman–Crippen MR) is 105 cm³/mol. The summed E-state index contributed by atoms with van der Waals surface area (Å²) in [5.41, 5.74) is 2.32. The fraction of sp³-hybridized carbons (Fsp3) is 0.625. The lowest BCUT2D eigenvalue weighted by molar-refractivity contribution is -0.130. The summed E-state index contributed by atoms with van der Waals surface area (Å²) in [5, 5.41) is 3.56. The van der Waals surface area contributed by atoms with Gasteiger partial charge in [0, 0.05) is 38.3 Å². The average molecular weight is 417 g/mol. The van der Waals surface area contributed by atoms with Gasteiger partial charge in [-0.2, -0.15) is 0 Å². The molecular formula is C16H25ClN6O3S. The van der Waals surface area contributed by atoms with Crippen molar-refractivity contribution < 1.29 is 14.4 Å². The Morgan fingerprint density at radius 2 is 2.15 bits per heavy atom. The zero-order chi connectivity index (χ0) is 19.8. The third-order valence-electron chi connectivity index (χ3n) is 3.86. The number of halogens is 1. The number of carbonyl (C=O) groups is 2. The minimum Gasteiger partial charge on any atom is -0.353 e. The number of nitrogens with one attached hydrogen (secondary N) is 2. The summed E-state index contributed by atoms with van der Waals surface area (Å²) in [5.74, 6) is 0.544. The van der Waals surface area contributed by atoms with Crippen molar-refractivity contribution in [1.29, 1.82) is 0 Å². The molecule has 1 saturated heterocycles. The summed E-state index contributed by atoms with van der Waals surface area (Å²) in [6, 6.07) is 1.68. The molecule has 0 bridgehead atoms. The first kappa shape index (κ1) is 21.5.